The van der Waals surface area contributed by atoms with E-state index in [9.17, 15) is 0 Å². The zero-order valence-electron chi connectivity index (χ0n) is 7.50. The first-order chi connectivity index (χ1) is 6.33. The average Bonchev–Trinajstić information content (AvgIpc) is 2.51. The molecule has 1 atom stereocenters. The zero-order valence-corrected chi connectivity index (χ0v) is 8.25. The molecule has 0 amide bonds. The molecular formula is C9H12ClN3. The van der Waals surface area contributed by atoms with E-state index in [4.69, 9.17) is 11.6 Å². The maximum Gasteiger partial charge on any atom is 0.144 e. The maximum atomic E-state index is 6.04. The Bertz CT molecular complexity index is 330. The van der Waals surface area contributed by atoms with Crippen molar-refractivity contribution in [2.45, 2.75) is 25.3 Å². The Morgan fingerprint density at radius 3 is 3.31 bits per heavy atom. The normalized spacial score (nSPS) is 19.7. The van der Waals surface area contributed by atoms with E-state index in [1.165, 1.54) is 0 Å². The van der Waals surface area contributed by atoms with Crippen LogP contribution in [0.2, 0.25) is 0 Å². The first-order valence-electron chi connectivity index (χ1n) is 4.45. The molecule has 4 heteroatoms. The Morgan fingerprint density at radius 1 is 1.69 bits per heavy atom. The summed E-state index contributed by atoms with van der Waals surface area (Å²) in [5.74, 6) is 1.08. The van der Waals surface area contributed by atoms with Gasteiger partial charge < -0.3 is 9.88 Å². The fraction of sp³-hybridized carbons (Fsp3) is 0.444. The fourth-order valence-corrected chi connectivity index (χ4v) is 1.70. The standard InChI is InChI=1S/C9H12ClN3/c1-2-3-8-12-6-7-9(10)11-4-5-13(7)8/h4-6,9,11H,2-3H2,1H3. The molecular weight excluding hydrogens is 186 g/mol. The number of nitrogens with one attached hydrogen (secondary N) is 1. The lowest BCUT2D eigenvalue weighted by Gasteiger charge is -2.16. The Morgan fingerprint density at radius 2 is 2.54 bits per heavy atom. The second kappa shape index (κ2) is 3.42. The van der Waals surface area contributed by atoms with E-state index < -0.39 is 0 Å². The summed E-state index contributed by atoms with van der Waals surface area (Å²) in [5.41, 5.74) is 0.871. The van der Waals surface area contributed by atoms with Crippen LogP contribution in [0, 0.1) is 0 Å². The largest absolute Gasteiger partial charge is 0.369 e. The summed E-state index contributed by atoms with van der Waals surface area (Å²) in [5, 5.41) is 3.02. The number of aromatic nitrogens is 2. The van der Waals surface area contributed by atoms with E-state index in [-0.39, 0.29) is 5.50 Å². The predicted molar refractivity (Wildman–Crippen MR) is 53.3 cm³/mol. The number of aryl methyl sites for hydroxylation is 1. The zero-order chi connectivity index (χ0) is 9.26. The predicted octanol–water partition coefficient (Wildman–Crippen LogP) is 2.10. The van der Waals surface area contributed by atoms with Crippen LogP contribution in [-0.2, 0) is 6.42 Å². The van der Waals surface area contributed by atoms with Crippen molar-refractivity contribution < 1.29 is 0 Å². The number of halogens is 1. The molecule has 1 aromatic rings. The van der Waals surface area contributed by atoms with Crippen molar-refractivity contribution in [3.63, 3.8) is 0 Å². The van der Waals surface area contributed by atoms with Crippen molar-refractivity contribution >= 4 is 17.8 Å². The highest BCUT2D eigenvalue weighted by Gasteiger charge is 2.16. The molecule has 3 nitrogen and oxygen atoms in total. The van der Waals surface area contributed by atoms with Gasteiger partial charge in [0.05, 0.1) is 11.9 Å². The van der Waals surface area contributed by atoms with E-state index in [0.717, 1.165) is 24.4 Å². The molecule has 1 N–H and O–H groups in total. The Kier molecular flexibility index (Phi) is 2.27. The molecule has 0 spiro atoms. The lowest BCUT2D eigenvalue weighted by Crippen LogP contribution is -2.17. The monoisotopic (exact) mass is 197 g/mol. The molecule has 0 fully saturated rings. The molecule has 2 heterocycles. The average molecular weight is 198 g/mol. The van der Waals surface area contributed by atoms with Gasteiger partial charge in [-0.05, 0) is 6.42 Å². The molecule has 13 heavy (non-hydrogen) atoms. The van der Waals surface area contributed by atoms with Crippen LogP contribution in [0.1, 0.15) is 30.4 Å². The second-order valence-corrected chi connectivity index (χ2v) is 3.50. The Labute approximate surface area is 82.4 Å². The highest BCUT2D eigenvalue weighted by Crippen LogP contribution is 2.22. The van der Waals surface area contributed by atoms with Crippen molar-refractivity contribution in [1.29, 1.82) is 0 Å². The molecule has 70 valence electrons. The van der Waals surface area contributed by atoms with Crippen LogP contribution >= 0.6 is 11.6 Å². The lowest BCUT2D eigenvalue weighted by molar-refractivity contribution is 0.729. The summed E-state index contributed by atoms with van der Waals surface area (Å²) in [6, 6.07) is 0. The van der Waals surface area contributed by atoms with Crippen LogP contribution in [0.5, 0.6) is 0 Å². The summed E-state index contributed by atoms with van der Waals surface area (Å²) in [7, 11) is 0. The number of imidazole rings is 1. The summed E-state index contributed by atoms with van der Waals surface area (Å²) >= 11 is 6.04. The van der Waals surface area contributed by atoms with Crippen molar-refractivity contribution in [2.24, 2.45) is 0 Å². The molecule has 0 aromatic carbocycles. The van der Waals surface area contributed by atoms with Gasteiger partial charge >= 0.3 is 0 Å². The van der Waals surface area contributed by atoms with Gasteiger partial charge in [0.2, 0.25) is 0 Å². The van der Waals surface area contributed by atoms with Crippen LogP contribution in [0.3, 0.4) is 0 Å². The first-order valence-corrected chi connectivity index (χ1v) is 4.89. The minimum absolute atomic E-state index is 0.150. The molecule has 0 saturated carbocycles. The van der Waals surface area contributed by atoms with Gasteiger partial charge in [-0.15, -0.1) is 0 Å². The van der Waals surface area contributed by atoms with Gasteiger partial charge in [0.15, 0.2) is 0 Å². The summed E-state index contributed by atoms with van der Waals surface area (Å²) in [6.45, 7) is 2.14. The first kappa shape index (κ1) is 8.63. The van der Waals surface area contributed by atoms with Crippen LogP contribution in [-0.4, -0.2) is 9.55 Å². The molecule has 0 aliphatic carbocycles. The number of nitrogens with zero attached hydrogens (tertiary/aromatic N) is 2. The fourth-order valence-electron chi connectivity index (χ4n) is 1.47. The van der Waals surface area contributed by atoms with Gasteiger partial charge in [-0.2, -0.15) is 0 Å². The highest BCUT2D eigenvalue weighted by molar-refractivity contribution is 6.20. The number of hydrogen-bond donors (Lipinski definition) is 1. The Hall–Kier alpha value is -0.960. The SMILES string of the molecule is CCCc1ncc2n1C=CNC2Cl. The van der Waals surface area contributed by atoms with E-state index in [1.807, 2.05) is 18.6 Å². The van der Waals surface area contributed by atoms with Crippen molar-refractivity contribution in [3.05, 3.63) is 23.9 Å². The smallest absolute Gasteiger partial charge is 0.144 e. The molecule has 0 bridgehead atoms. The Balaban J connectivity index is 2.37. The van der Waals surface area contributed by atoms with Gasteiger partial charge in [0.25, 0.3) is 0 Å². The van der Waals surface area contributed by atoms with Crippen molar-refractivity contribution in [2.75, 3.05) is 0 Å². The summed E-state index contributed by atoms with van der Waals surface area (Å²) in [4.78, 5) is 4.33. The molecule has 1 aliphatic heterocycles. The van der Waals surface area contributed by atoms with Crippen LogP contribution < -0.4 is 5.32 Å². The molecule has 0 saturated heterocycles. The second-order valence-electron chi connectivity index (χ2n) is 3.06. The maximum absolute atomic E-state index is 6.04. The third-order valence-corrected chi connectivity index (χ3v) is 2.45. The summed E-state index contributed by atoms with van der Waals surface area (Å²) in [6.07, 6.45) is 7.75. The van der Waals surface area contributed by atoms with Crippen molar-refractivity contribution in [3.8, 4) is 0 Å². The molecule has 2 rings (SSSR count). The quantitative estimate of drug-likeness (QED) is 0.582. The molecule has 1 aliphatic rings. The minimum atomic E-state index is -0.150. The summed E-state index contributed by atoms with van der Waals surface area (Å²) < 4.78 is 2.05. The molecule has 1 aromatic heterocycles. The molecule has 1 unspecified atom stereocenters. The number of fused-ring (bicyclic) bond motifs is 1. The highest BCUT2D eigenvalue weighted by atomic mass is 35.5. The molecule has 0 radical (unpaired) electrons. The van der Waals surface area contributed by atoms with Gasteiger partial charge in [0.1, 0.15) is 11.3 Å². The minimum Gasteiger partial charge on any atom is -0.369 e. The topological polar surface area (TPSA) is 29.9 Å². The van der Waals surface area contributed by atoms with Gasteiger partial charge in [-0.3, -0.25) is 0 Å². The van der Waals surface area contributed by atoms with E-state index in [1.54, 1.807) is 0 Å². The van der Waals surface area contributed by atoms with Crippen molar-refractivity contribution in [1.82, 2.24) is 14.9 Å². The van der Waals surface area contributed by atoms with Gasteiger partial charge in [0, 0.05) is 18.8 Å². The van der Waals surface area contributed by atoms with E-state index in [0.29, 0.717) is 0 Å². The third-order valence-electron chi connectivity index (χ3n) is 2.10. The van der Waals surface area contributed by atoms with Gasteiger partial charge in [-0.25, -0.2) is 4.98 Å². The van der Waals surface area contributed by atoms with Crippen LogP contribution in [0.4, 0.5) is 0 Å². The van der Waals surface area contributed by atoms with Crippen LogP contribution in [0.15, 0.2) is 12.4 Å². The number of alkyl halides is 1. The van der Waals surface area contributed by atoms with Gasteiger partial charge in [-0.1, -0.05) is 18.5 Å². The third kappa shape index (κ3) is 1.44. The lowest BCUT2D eigenvalue weighted by atomic mass is 10.3. The van der Waals surface area contributed by atoms with Crippen LogP contribution in [0.25, 0.3) is 6.20 Å². The van der Waals surface area contributed by atoms with E-state index >= 15 is 0 Å². The number of rotatable bonds is 2. The van der Waals surface area contributed by atoms with E-state index in [2.05, 4.69) is 21.8 Å². The number of hydrogen-bond acceptors (Lipinski definition) is 2.